The van der Waals surface area contributed by atoms with E-state index in [1.165, 1.54) is 0 Å². The van der Waals surface area contributed by atoms with Crippen molar-refractivity contribution < 1.29 is 14.7 Å². The minimum absolute atomic E-state index is 0.00291. The summed E-state index contributed by atoms with van der Waals surface area (Å²) < 4.78 is 0. The van der Waals surface area contributed by atoms with Gasteiger partial charge in [-0.15, -0.1) is 11.8 Å². The van der Waals surface area contributed by atoms with Crippen LogP contribution in [0.5, 0.6) is 0 Å². The number of rotatable bonds is 4. The van der Waals surface area contributed by atoms with Gasteiger partial charge in [-0.05, 0) is 31.1 Å². The maximum atomic E-state index is 12.8. The van der Waals surface area contributed by atoms with Crippen molar-refractivity contribution in [2.75, 3.05) is 18.8 Å². The van der Waals surface area contributed by atoms with Gasteiger partial charge in [-0.1, -0.05) is 20.8 Å². The molecule has 0 bridgehead atoms. The maximum absolute atomic E-state index is 12.8. The van der Waals surface area contributed by atoms with E-state index in [1.54, 1.807) is 16.7 Å². The Morgan fingerprint density at radius 2 is 1.95 bits per heavy atom. The second kappa shape index (κ2) is 6.46. The molecule has 0 radical (unpaired) electrons. The van der Waals surface area contributed by atoms with Crippen molar-refractivity contribution in [1.82, 2.24) is 9.80 Å². The van der Waals surface area contributed by atoms with Gasteiger partial charge < -0.3 is 10.0 Å². The molecule has 6 heteroatoms. The zero-order chi connectivity index (χ0) is 15.6. The summed E-state index contributed by atoms with van der Waals surface area (Å²) in [5.74, 6) is -0.386. The van der Waals surface area contributed by atoms with Crippen LogP contribution in [0.2, 0.25) is 0 Å². The highest BCUT2D eigenvalue weighted by Crippen LogP contribution is 2.39. The number of carboxylic acids is 1. The zero-order valence-corrected chi connectivity index (χ0v) is 14.0. The Hall–Kier alpha value is -0.910. The van der Waals surface area contributed by atoms with Crippen molar-refractivity contribution in [2.45, 2.75) is 57.9 Å². The molecule has 2 atom stereocenters. The standard InChI is InChI=1S/C15H26N2O3S/c1-4-12-17(11(9-21-12)13(18)19)14(20)16-8-7-15(5-2,6-3)10-16/h11-12H,4-10H2,1-3H3,(H,18,19). The smallest absolute Gasteiger partial charge is 0.327 e. The predicted molar refractivity (Wildman–Crippen MR) is 84.4 cm³/mol. The minimum Gasteiger partial charge on any atom is -0.480 e. The number of aliphatic carboxylic acids is 1. The molecular formula is C15H26N2O3S. The third-order valence-electron chi connectivity index (χ3n) is 5.16. The van der Waals surface area contributed by atoms with E-state index in [4.69, 9.17) is 0 Å². The molecule has 2 fully saturated rings. The predicted octanol–water partition coefficient (Wildman–Crippen LogP) is 2.86. The first-order chi connectivity index (χ1) is 9.98. The second-order valence-corrected chi connectivity index (χ2v) is 7.33. The number of hydrogen-bond donors (Lipinski definition) is 1. The Balaban J connectivity index is 2.13. The van der Waals surface area contributed by atoms with E-state index >= 15 is 0 Å². The van der Waals surface area contributed by atoms with Crippen molar-refractivity contribution in [3.63, 3.8) is 0 Å². The number of likely N-dealkylation sites (tertiary alicyclic amines) is 1. The van der Waals surface area contributed by atoms with Crippen LogP contribution in [0.15, 0.2) is 0 Å². The van der Waals surface area contributed by atoms with Gasteiger partial charge in [0.1, 0.15) is 6.04 Å². The van der Waals surface area contributed by atoms with E-state index in [9.17, 15) is 14.7 Å². The SMILES string of the molecule is CCC1SCC(C(=O)O)N1C(=O)N1CCC(CC)(CC)C1. The van der Waals surface area contributed by atoms with Gasteiger partial charge in [0.15, 0.2) is 0 Å². The first kappa shape index (κ1) is 16.5. The minimum atomic E-state index is -0.886. The highest BCUT2D eigenvalue weighted by atomic mass is 32.2. The lowest BCUT2D eigenvalue weighted by Crippen LogP contribution is -2.51. The Labute approximate surface area is 131 Å². The third kappa shape index (κ3) is 3.00. The van der Waals surface area contributed by atoms with Crippen LogP contribution < -0.4 is 0 Å². The summed E-state index contributed by atoms with van der Waals surface area (Å²) in [4.78, 5) is 27.7. The quantitative estimate of drug-likeness (QED) is 0.867. The van der Waals surface area contributed by atoms with Gasteiger partial charge in [-0.3, -0.25) is 4.90 Å². The average molecular weight is 314 g/mol. The summed E-state index contributed by atoms with van der Waals surface area (Å²) in [5.41, 5.74) is 0.225. The summed E-state index contributed by atoms with van der Waals surface area (Å²) in [6.07, 6.45) is 3.96. The molecule has 2 saturated heterocycles. The fourth-order valence-electron chi connectivity index (χ4n) is 3.41. The highest BCUT2D eigenvalue weighted by molar-refractivity contribution is 8.00. The summed E-state index contributed by atoms with van der Waals surface area (Å²) in [5, 5.41) is 9.36. The van der Waals surface area contributed by atoms with E-state index in [1.807, 2.05) is 11.8 Å². The van der Waals surface area contributed by atoms with Gasteiger partial charge in [0.05, 0.1) is 5.37 Å². The lowest BCUT2D eigenvalue weighted by Gasteiger charge is -2.32. The Morgan fingerprint density at radius 1 is 1.29 bits per heavy atom. The van der Waals surface area contributed by atoms with Crippen LogP contribution in [-0.2, 0) is 4.79 Å². The topological polar surface area (TPSA) is 60.9 Å². The van der Waals surface area contributed by atoms with Crippen molar-refractivity contribution in [2.24, 2.45) is 5.41 Å². The van der Waals surface area contributed by atoms with E-state index < -0.39 is 12.0 Å². The molecule has 0 aromatic heterocycles. The normalized spacial score (nSPS) is 28.1. The third-order valence-corrected chi connectivity index (χ3v) is 6.61. The number of carboxylic acid groups (broad SMARTS) is 1. The number of hydrogen-bond acceptors (Lipinski definition) is 3. The van der Waals surface area contributed by atoms with Gasteiger partial charge in [-0.2, -0.15) is 0 Å². The molecule has 0 spiro atoms. The number of urea groups is 1. The van der Waals surface area contributed by atoms with E-state index in [0.29, 0.717) is 5.75 Å². The summed E-state index contributed by atoms with van der Waals surface area (Å²) in [7, 11) is 0. The molecule has 1 N–H and O–H groups in total. The molecule has 2 amide bonds. The molecule has 21 heavy (non-hydrogen) atoms. The average Bonchev–Trinajstić information content (AvgIpc) is 3.11. The van der Waals surface area contributed by atoms with Crippen LogP contribution in [0, 0.1) is 5.41 Å². The van der Waals surface area contributed by atoms with Gasteiger partial charge in [0, 0.05) is 18.8 Å². The maximum Gasteiger partial charge on any atom is 0.327 e. The highest BCUT2D eigenvalue weighted by Gasteiger charge is 2.45. The van der Waals surface area contributed by atoms with Gasteiger partial charge in [0.2, 0.25) is 0 Å². The number of nitrogens with zero attached hydrogens (tertiary/aromatic N) is 2. The summed E-state index contributed by atoms with van der Waals surface area (Å²) in [6.45, 7) is 7.89. The number of thioether (sulfide) groups is 1. The molecule has 0 aromatic rings. The van der Waals surface area contributed by atoms with Gasteiger partial charge in [0.25, 0.3) is 0 Å². The van der Waals surface area contributed by atoms with Crippen molar-refractivity contribution in [3.8, 4) is 0 Å². The molecule has 0 saturated carbocycles. The van der Waals surface area contributed by atoms with Gasteiger partial charge >= 0.3 is 12.0 Å². The molecule has 5 nitrogen and oxygen atoms in total. The Bertz CT molecular complexity index is 412. The fourth-order valence-corrected chi connectivity index (χ4v) is 4.75. The summed E-state index contributed by atoms with van der Waals surface area (Å²) in [6, 6.07) is -0.756. The van der Waals surface area contributed by atoms with Gasteiger partial charge in [-0.25, -0.2) is 9.59 Å². The molecule has 2 aliphatic rings. The molecular weight excluding hydrogens is 288 g/mol. The molecule has 120 valence electrons. The molecule has 0 aliphatic carbocycles. The van der Waals surface area contributed by atoms with Crippen LogP contribution in [0.4, 0.5) is 4.79 Å². The number of amides is 2. The van der Waals surface area contributed by atoms with Crippen LogP contribution in [0.25, 0.3) is 0 Å². The van der Waals surface area contributed by atoms with Crippen molar-refractivity contribution in [3.05, 3.63) is 0 Å². The largest absolute Gasteiger partial charge is 0.480 e. The molecule has 2 rings (SSSR count). The van der Waals surface area contributed by atoms with Crippen LogP contribution >= 0.6 is 11.8 Å². The molecule has 0 aromatic carbocycles. The number of carbonyl (C=O) groups is 2. The summed E-state index contributed by atoms with van der Waals surface area (Å²) >= 11 is 1.58. The lowest BCUT2D eigenvalue weighted by atomic mass is 9.82. The van der Waals surface area contributed by atoms with Crippen LogP contribution in [-0.4, -0.2) is 57.2 Å². The first-order valence-corrected chi connectivity index (χ1v) is 8.94. The van der Waals surface area contributed by atoms with E-state index in [2.05, 4.69) is 13.8 Å². The lowest BCUT2D eigenvalue weighted by molar-refractivity contribution is -0.141. The Kier molecular flexibility index (Phi) is 5.07. The molecule has 2 unspecified atom stereocenters. The monoisotopic (exact) mass is 314 g/mol. The number of carbonyl (C=O) groups excluding carboxylic acids is 1. The molecule has 2 aliphatic heterocycles. The first-order valence-electron chi connectivity index (χ1n) is 7.89. The zero-order valence-electron chi connectivity index (χ0n) is 13.2. The van der Waals surface area contributed by atoms with E-state index in [-0.39, 0.29) is 16.8 Å². The van der Waals surface area contributed by atoms with Crippen molar-refractivity contribution in [1.29, 1.82) is 0 Å². The molecule has 2 heterocycles. The van der Waals surface area contributed by atoms with Crippen LogP contribution in [0.3, 0.4) is 0 Å². The van der Waals surface area contributed by atoms with Crippen LogP contribution in [0.1, 0.15) is 46.5 Å². The van der Waals surface area contributed by atoms with E-state index in [0.717, 1.165) is 38.8 Å². The Morgan fingerprint density at radius 3 is 2.43 bits per heavy atom. The van der Waals surface area contributed by atoms with Crippen molar-refractivity contribution >= 4 is 23.8 Å². The fraction of sp³-hybridized carbons (Fsp3) is 0.867. The second-order valence-electron chi connectivity index (χ2n) is 6.12.